The van der Waals surface area contributed by atoms with Crippen molar-refractivity contribution in [2.45, 2.75) is 19.8 Å². The highest BCUT2D eigenvalue weighted by Crippen LogP contribution is 2.42. The van der Waals surface area contributed by atoms with Crippen molar-refractivity contribution in [3.05, 3.63) is 22.2 Å². The van der Waals surface area contributed by atoms with Gasteiger partial charge < -0.3 is 9.47 Å². The molecule has 0 aromatic heterocycles. The highest BCUT2D eigenvalue weighted by Gasteiger charge is 2.22. The molecule has 4 heteroatoms. The number of hydrogen-bond donors (Lipinski definition) is 0. The van der Waals surface area contributed by atoms with E-state index < -0.39 is 0 Å². The minimum atomic E-state index is 0.203. The molecule has 2 rings (SSSR count). The molecule has 15 heavy (non-hydrogen) atoms. The van der Waals surface area contributed by atoms with Crippen LogP contribution in [0.3, 0.4) is 0 Å². The fourth-order valence-corrected chi connectivity index (χ4v) is 2.12. The van der Waals surface area contributed by atoms with Gasteiger partial charge >= 0.3 is 0 Å². The quantitative estimate of drug-likeness (QED) is 0.774. The lowest BCUT2D eigenvalue weighted by Crippen LogP contribution is -1.94. The van der Waals surface area contributed by atoms with Gasteiger partial charge in [-0.2, -0.15) is 5.26 Å². The van der Waals surface area contributed by atoms with Gasteiger partial charge in [0, 0.05) is 0 Å². The Labute approximate surface area is 93.2 Å². The Hall–Kier alpha value is -1.40. The van der Waals surface area contributed by atoms with E-state index in [1.165, 1.54) is 0 Å². The van der Waals surface area contributed by atoms with Crippen molar-refractivity contribution in [3.8, 4) is 17.6 Å². The van der Waals surface area contributed by atoms with Crippen molar-refractivity contribution in [2.24, 2.45) is 0 Å². The summed E-state index contributed by atoms with van der Waals surface area (Å²) in [5, 5.41) is 9.30. The second kappa shape index (κ2) is 4.00. The number of fused-ring (bicyclic) bond motifs is 1. The highest BCUT2D eigenvalue weighted by atomic mass is 35.5. The number of halogens is 1. The van der Waals surface area contributed by atoms with Crippen LogP contribution in [-0.2, 0) is 12.8 Å². The van der Waals surface area contributed by atoms with Crippen molar-refractivity contribution in [1.82, 2.24) is 0 Å². The third kappa shape index (κ3) is 1.62. The standard InChI is InChI=1S/C11H10ClNO2/c1-2-8-7(3-4-13)5-9-11(10(8)12)15-6-14-9/h5H,2-3,6H2,1H3. The first-order valence-electron chi connectivity index (χ1n) is 4.74. The fraction of sp³-hybridized carbons (Fsp3) is 0.364. The molecule has 0 spiro atoms. The third-order valence-corrected chi connectivity index (χ3v) is 2.82. The molecule has 0 unspecified atom stereocenters. The number of nitriles is 1. The van der Waals surface area contributed by atoms with Crippen LogP contribution in [0.25, 0.3) is 0 Å². The third-order valence-electron chi connectivity index (χ3n) is 2.42. The van der Waals surface area contributed by atoms with Crippen LogP contribution in [0.1, 0.15) is 18.1 Å². The molecule has 0 radical (unpaired) electrons. The summed E-state index contributed by atoms with van der Waals surface area (Å²) in [6.45, 7) is 2.21. The normalized spacial score (nSPS) is 12.6. The predicted octanol–water partition coefficient (Wildman–Crippen LogP) is 2.70. The molecule has 1 aromatic rings. The van der Waals surface area contributed by atoms with Gasteiger partial charge in [0.1, 0.15) is 0 Å². The van der Waals surface area contributed by atoms with Crippen molar-refractivity contribution >= 4 is 11.6 Å². The van der Waals surface area contributed by atoms with Crippen LogP contribution in [0.2, 0.25) is 5.02 Å². The second-order valence-corrected chi connectivity index (χ2v) is 3.63. The van der Waals surface area contributed by atoms with Crippen LogP contribution in [0.4, 0.5) is 0 Å². The number of benzene rings is 1. The van der Waals surface area contributed by atoms with Crippen molar-refractivity contribution in [3.63, 3.8) is 0 Å². The smallest absolute Gasteiger partial charge is 0.231 e. The average Bonchev–Trinajstić information content (AvgIpc) is 2.67. The number of hydrogen-bond acceptors (Lipinski definition) is 3. The molecule has 0 saturated carbocycles. The molecule has 0 atom stereocenters. The van der Waals surface area contributed by atoms with Gasteiger partial charge in [0.05, 0.1) is 17.5 Å². The van der Waals surface area contributed by atoms with E-state index >= 15 is 0 Å². The zero-order chi connectivity index (χ0) is 10.8. The van der Waals surface area contributed by atoms with E-state index in [2.05, 4.69) is 6.07 Å². The predicted molar refractivity (Wildman–Crippen MR) is 56.3 cm³/mol. The van der Waals surface area contributed by atoms with E-state index in [1.807, 2.05) is 13.0 Å². The number of nitrogens with zero attached hydrogens (tertiary/aromatic N) is 1. The molecule has 1 heterocycles. The Morgan fingerprint density at radius 1 is 1.53 bits per heavy atom. The Morgan fingerprint density at radius 3 is 3.00 bits per heavy atom. The van der Waals surface area contributed by atoms with Crippen LogP contribution in [0.15, 0.2) is 6.07 Å². The van der Waals surface area contributed by atoms with E-state index in [0.29, 0.717) is 22.9 Å². The number of ether oxygens (including phenoxy) is 2. The zero-order valence-corrected chi connectivity index (χ0v) is 9.10. The minimum absolute atomic E-state index is 0.203. The lowest BCUT2D eigenvalue weighted by molar-refractivity contribution is 0.174. The summed E-state index contributed by atoms with van der Waals surface area (Å²) in [6.07, 6.45) is 1.13. The summed E-state index contributed by atoms with van der Waals surface area (Å²) in [4.78, 5) is 0. The molecule has 1 aromatic carbocycles. The van der Waals surface area contributed by atoms with Gasteiger partial charge in [-0.05, 0) is 23.6 Å². The van der Waals surface area contributed by atoms with Gasteiger partial charge in [-0.15, -0.1) is 0 Å². The SMILES string of the molecule is CCc1c(CC#N)cc2c(c1Cl)OCO2. The van der Waals surface area contributed by atoms with Crippen molar-refractivity contribution in [2.75, 3.05) is 6.79 Å². The molecule has 0 bridgehead atoms. The van der Waals surface area contributed by atoms with E-state index in [4.69, 9.17) is 26.3 Å². The Morgan fingerprint density at radius 2 is 2.33 bits per heavy atom. The van der Waals surface area contributed by atoms with Crippen LogP contribution in [-0.4, -0.2) is 6.79 Å². The Bertz CT molecular complexity index is 437. The molecule has 0 saturated heterocycles. The highest BCUT2D eigenvalue weighted by molar-refractivity contribution is 6.33. The van der Waals surface area contributed by atoms with Crippen molar-refractivity contribution < 1.29 is 9.47 Å². The van der Waals surface area contributed by atoms with Gasteiger partial charge in [0.2, 0.25) is 6.79 Å². The van der Waals surface area contributed by atoms with Gasteiger partial charge in [-0.25, -0.2) is 0 Å². The molecule has 0 aliphatic carbocycles. The maximum Gasteiger partial charge on any atom is 0.231 e. The molecule has 1 aliphatic heterocycles. The van der Waals surface area contributed by atoms with Crippen LogP contribution >= 0.6 is 11.6 Å². The van der Waals surface area contributed by atoms with Crippen molar-refractivity contribution in [1.29, 1.82) is 5.26 Å². The van der Waals surface area contributed by atoms with Crippen LogP contribution in [0, 0.1) is 11.3 Å². The topological polar surface area (TPSA) is 42.2 Å². The molecule has 0 N–H and O–H groups in total. The van der Waals surface area contributed by atoms with Gasteiger partial charge in [0.25, 0.3) is 0 Å². The summed E-state index contributed by atoms with van der Waals surface area (Å²) in [6, 6.07) is 3.97. The summed E-state index contributed by atoms with van der Waals surface area (Å²) in [5.74, 6) is 1.25. The maximum absolute atomic E-state index is 8.71. The average molecular weight is 224 g/mol. The molecular weight excluding hydrogens is 214 g/mol. The molecule has 0 amide bonds. The van der Waals surface area contributed by atoms with Gasteiger partial charge in [-0.1, -0.05) is 18.5 Å². The van der Waals surface area contributed by atoms with Gasteiger partial charge in [-0.3, -0.25) is 0 Å². The number of rotatable bonds is 2. The zero-order valence-electron chi connectivity index (χ0n) is 8.34. The first kappa shape index (κ1) is 10.1. The lowest BCUT2D eigenvalue weighted by Gasteiger charge is -2.09. The lowest BCUT2D eigenvalue weighted by atomic mass is 10.0. The Balaban J connectivity index is 2.57. The summed E-state index contributed by atoms with van der Waals surface area (Å²) >= 11 is 6.18. The molecule has 78 valence electrons. The summed E-state index contributed by atoms with van der Waals surface area (Å²) in [7, 11) is 0. The molecule has 1 aliphatic rings. The molecular formula is C11H10ClNO2. The van der Waals surface area contributed by atoms with E-state index in [9.17, 15) is 0 Å². The minimum Gasteiger partial charge on any atom is -0.454 e. The molecule has 0 fully saturated rings. The largest absolute Gasteiger partial charge is 0.454 e. The van der Waals surface area contributed by atoms with Crippen LogP contribution in [0.5, 0.6) is 11.5 Å². The van der Waals surface area contributed by atoms with E-state index in [-0.39, 0.29) is 6.79 Å². The van der Waals surface area contributed by atoms with E-state index in [0.717, 1.165) is 17.5 Å². The monoisotopic (exact) mass is 223 g/mol. The van der Waals surface area contributed by atoms with Crippen LogP contribution < -0.4 is 9.47 Å². The summed E-state index contributed by atoms with van der Waals surface area (Å²) in [5.41, 5.74) is 1.90. The molecule has 3 nitrogen and oxygen atoms in total. The first-order valence-corrected chi connectivity index (χ1v) is 5.12. The summed E-state index contributed by atoms with van der Waals surface area (Å²) < 4.78 is 10.5. The maximum atomic E-state index is 8.71. The van der Waals surface area contributed by atoms with E-state index in [1.54, 1.807) is 0 Å². The first-order chi connectivity index (χ1) is 7.27. The second-order valence-electron chi connectivity index (χ2n) is 3.25. The Kier molecular flexibility index (Phi) is 2.70. The van der Waals surface area contributed by atoms with Gasteiger partial charge in [0.15, 0.2) is 11.5 Å². The fourth-order valence-electron chi connectivity index (χ4n) is 1.72.